The predicted molar refractivity (Wildman–Crippen MR) is 104 cm³/mol. The summed E-state index contributed by atoms with van der Waals surface area (Å²) in [6.45, 7) is 3.44. The number of nitrogens with one attached hydrogen (secondary N) is 2. The maximum Gasteiger partial charge on any atom is 0.272 e. The van der Waals surface area contributed by atoms with E-state index in [0.29, 0.717) is 0 Å². The molecule has 0 bridgehead atoms. The predicted octanol–water partition coefficient (Wildman–Crippen LogP) is 1.51. The first kappa shape index (κ1) is 20.5. The van der Waals surface area contributed by atoms with Crippen molar-refractivity contribution in [3.8, 4) is 6.07 Å². The van der Waals surface area contributed by atoms with Gasteiger partial charge in [-0.2, -0.15) is 5.26 Å². The molecule has 0 saturated heterocycles. The molecule has 1 aromatic carbocycles. The molecule has 3 rings (SSSR count). The Labute approximate surface area is 166 Å². The van der Waals surface area contributed by atoms with Crippen molar-refractivity contribution < 1.29 is 22.7 Å². The maximum atomic E-state index is 13.5. The molecule has 1 amide bonds. The number of rotatable bonds is 4. The molecule has 8 nitrogen and oxygen atoms in total. The summed E-state index contributed by atoms with van der Waals surface area (Å²) in [6.07, 6.45) is 4.19. The SMILES string of the molecule is C=CC(O)[C@H]1C=Cc2c(cn(C)c2C(=O)Nc2ccc(F)c(C#N)c2)S(=O)(=O)N1. The van der Waals surface area contributed by atoms with Crippen molar-refractivity contribution >= 4 is 27.7 Å². The van der Waals surface area contributed by atoms with Crippen LogP contribution < -0.4 is 10.0 Å². The first-order valence-corrected chi connectivity index (χ1v) is 9.87. The minimum absolute atomic E-state index is 0.0400. The van der Waals surface area contributed by atoms with Crippen LogP contribution in [-0.4, -0.2) is 36.1 Å². The van der Waals surface area contributed by atoms with Crippen molar-refractivity contribution in [2.75, 3.05) is 5.32 Å². The van der Waals surface area contributed by atoms with E-state index in [2.05, 4.69) is 16.6 Å². The van der Waals surface area contributed by atoms with Crippen LogP contribution in [0.3, 0.4) is 0 Å². The number of aliphatic hydroxyl groups excluding tert-OH is 1. The van der Waals surface area contributed by atoms with Gasteiger partial charge in [0.25, 0.3) is 5.91 Å². The molecule has 0 saturated carbocycles. The van der Waals surface area contributed by atoms with Crippen molar-refractivity contribution in [1.82, 2.24) is 9.29 Å². The highest BCUT2D eigenvalue weighted by atomic mass is 32.2. The highest BCUT2D eigenvalue weighted by molar-refractivity contribution is 7.89. The molecule has 0 radical (unpaired) electrons. The lowest BCUT2D eigenvalue weighted by molar-refractivity contribution is 0.101. The monoisotopic (exact) mass is 416 g/mol. The zero-order chi connectivity index (χ0) is 21.3. The average Bonchev–Trinajstić information content (AvgIpc) is 2.96. The number of nitriles is 1. The Morgan fingerprint density at radius 2 is 2.24 bits per heavy atom. The Hall–Kier alpha value is -3.26. The van der Waals surface area contributed by atoms with Gasteiger partial charge in [-0.15, -0.1) is 6.58 Å². The molecule has 1 aromatic heterocycles. The third-order valence-corrected chi connectivity index (χ3v) is 5.89. The van der Waals surface area contributed by atoms with Crippen LogP contribution >= 0.6 is 0 Å². The number of hydrogen-bond donors (Lipinski definition) is 3. The number of aromatic nitrogens is 1. The van der Waals surface area contributed by atoms with Gasteiger partial charge in [0.1, 0.15) is 22.5 Å². The first-order chi connectivity index (χ1) is 13.7. The fraction of sp³-hybridized carbons (Fsp3) is 0.158. The summed E-state index contributed by atoms with van der Waals surface area (Å²) in [7, 11) is -2.51. The third-order valence-electron chi connectivity index (χ3n) is 4.40. The molecule has 0 spiro atoms. The Morgan fingerprint density at radius 1 is 1.52 bits per heavy atom. The quantitative estimate of drug-likeness (QED) is 0.652. The molecule has 29 heavy (non-hydrogen) atoms. The standard InChI is InChI=1S/C19H17FN4O4S/c1-3-16(25)15-7-5-13-17(29(27,28)23-15)10-24(2)18(13)19(26)22-12-4-6-14(20)11(8-12)9-21/h3-8,10,15-16,23,25H,1H2,2H3,(H,22,26)/t15-,16?/m1/s1. The summed E-state index contributed by atoms with van der Waals surface area (Å²) in [5.74, 6) is -1.36. The maximum absolute atomic E-state index is 13.5. The van der Waals surface area contributed by atoms with E-state index in [4.69, 9.17) is 5.26 Å². The van der Waals surface area contributed by atoms with E-state index in [9.17, 15) is 22.7 Å². The number of fused-ring (bicyclic) bond motifs is 1. The lowest BCUT2D eigenvalue weighted by Gasteiger charge is -2.16. The van der Waals surface area contributed by atoms with Gasteiger partial charge in [0.15, 0.2) is 0 Å². The van der Waals surface area contributed by atoms with E-state index >= 15 is 0 Å². The van der Waals surface area contributed by atoms with E-state index in [-0.39, 0.29) is 27.4 Å². The summed E-state index contributed by atoms with van der Waals surface area (Å²) >= 11 is 0. The first-order valence-electron chi connectivity index (χ1n) is 8.39. The number of nitrogens with zero attached hydrogens (tertiary/aromatic N) is 2. The number of halogens is 1. The number of hydrogen-bond acceptors (Lipinski definition) is 5. The topological polar surface area (TPSA) is 124 Å². The van der Waals surface area contributed by atoms with Crippen molar-refractivity contribution in [1.29, 1.82) is 5.26 Å². The summed E-state index contributed by atoms with van der Waals surface area (Å²) in [4.78, 5) is 12.7. The molecule has 2 aromatic rings. The van der Waals surface area contributed by atoms with Crippen LogP contribution in [0.4, 0.5) is 10.1 Å². The molecule has 0 aliphatic carbocycles. The van der Waals surface area contributed by atoms with Gasteiger partial charge in [-0.3, -0.25) is 4.79 Å². The Bertz CT molecular complexity index is 1180. The van der Waals surface area contributed by atoms with Gasteiger partial charge in [0.05, 0.1) is 17.7 Å². The molecule has 0 fully saturated rings. The van der Waals surface area contributed by atoms with Gasteiger partial charge in [-0.1, -0.05) is 18.2 Å². The Kier molecular flexibility index (Phi) is 5.39. The zero-order valence-corrected chi connectivity index (χ0v) is 16.1. The van der Waals surface area contributed by atoms with E-state index in [0.717, 1.165) is 6.07 Å². The molecule has 3 N–H and O–H groups in total. The number of benzene rings is 1. The molecule has 150 valence electrons. The fourth-order valence-electron chi connectivity index (χ4n) is 2.97. The van der Waals surface area contributed by atoms with Crippen LogP contribution in [0.15, 0.2) is 48.0 Å². The number of aryl methyl sites for hydroxylation is 1. The number of amides is 1. The lowest BCUT2D eigenvalue weighted by Crippen LogP contribution is -2.40. The van der Waals surface area contributed by atoms with Crippen LogP contribution in [0.5, 0.6) is 0 Å². The minimum Gasteiger partial charge on any atom is -0.387 e. The highest BCUT2D eigenvalue weighted by Gasteiger charge is 2.32. The van der Waals surface area contributed by atoms with Crippen molar-refractivity contribution in [2.45, 2.75) is 17.0 Å². The number of sulfonamides is 1. The molecule has 1 aliphatic heterocycles. The van der Waals surface area contributed by atoms with Gasteiger partial charge in [0, 0.05) is 24.5 Å². The number of anilines is 1. The van der Waals surface area contributed by atoms with Gasteiger partial charge >= 0.3 is 0 Å². The smallest absolute Gasteiger partial charge is 0.272 e. The second kappa shape index (κ2) is 7.63. The largest absolute Gasteiger partial charge is 0.387 e. The molecule has 1 aliphatic rings. The fourth-order valence-corrected chi connectivity index (χ4v) is 4.42. The Balaban J connectivity index is 2.03. The molecule has 2 atom stereocenters. The van der Waals surface area contributed by atoms with Gasteiger partial charge in [-0.25, -0.2) is 17.5 Å². The Morgan fingerprint density at radius 3 is 2.90 bits per heavy atom. The summed E-state index contributed by atoms with van der Waals surface area (Å²) < 4.78 is 42.5. The summed E-state index contributed by atoms with van der Waals surface area (Å²) in [5, 5.41) is 21.4. The third kappa shape index (κ3) is 3.84. The van der Waals surface area contributed by atoms with Crippen molar-refractivity contribution in [2.24, 2.45) is 7.05 Å². The van der Waals surface area contributed by atoms with E-state index in [1.165, 1.54) is 48.2 Å². The molecular weight excluding hydrogens is 399 g/mol. The van der Waals surface area contributed by atoms with Crippen LogP contribution in [-0.2, 0) is 17.1 Å². The zero-order valence-electron chi connectivity index (χ0n) is 15.3. The van der Waals surface area contributed by atoms with Gasteiger partial charge in [-0.05, 0) is 18.2 Å². The number of carbonyl (C=O) groups excluding carboxylic acids is 1. The van der Waals surface area contributed by atoms with Crippen molar-refractivity contribution in [3.63, 3.8) is 0 Å². The molecule has 2 heterocycles. The van der Waals surface area contributed by atoms with Crippen LogP contribution in [0.2, 0.25) is 0 Å². The van der Waals surface area contributed by atoms with Crippen LogP contribution in [0.25, 0.3) is 6.08 Å². The molecular formula is C19H17FN4O4S. The highest BCUT2D eigenvalue weighted by Crippen LogP contribution is 2.27. The average molecular weight is 416 g/mol. The minimum atomic E-state index is -4.02. The second-order valence-electron chi connectivity index (χ2n) is 6.36. The number of aliphatic hydroxyl groups is 1. The lowest BCUT2D eigenvalue weighted by atomic mass is 10.1. The van der Waals surface area contributed by atoms with Gasteiger partial charge in [0.2, 0.25) is 10.0 Å². The second-order valence-corrected chi connectivity index (χ2v) is 8.04. The molecule has 1 unspecified atom stereocenters. The van der Waals surface area contributed by atoms with Crippen molar-refractivity contribution in [3.05, 3.63) is 65.8 Å². The number of carbonyl (C=O) groups is 1. The summed E-state index contributed by atoms with van der Waals surface area (Å²) in [5.41, 5.74) is 0.125. The van der Waals surface area contributed by atoms with Crippen LogP contribution in [0, 0.1) is 17.1 Å². The van der Waals surface area contributed by atoms with E-state index < -0.39 is 33.9 Å². The molecule has 10 heteroatoms. The van der Waals surface area contributed by atoms with Crippen LogP contribution in [0.1, 0.15) is 21.6 Å². The van der Waals surface area contributed by atoms with E-state index in [1.54, 1.807) is 6.07 Å². The van der Waals surface area contributed by atoms with Gasteiger partial charge < -0.3 is 15.0 Å². The van der Waals surface area contributed by atoms with E-state index in [1.807, 2.05) is 0 Å². The summed E-state index contributed by atoms with van der Waals surface area (Å²) in [6, 6.07) is 4.26. The normalized spacial score (nSPS) is 18.2.